The van der Waals surface area contributed by atoms with Crippen LogP contribution >= 0.6 is 0 Å². The monoisotopic (exact) mass is 432 g/mol. The molecule has 1 amide bonds. The third kappa shape index (κ3) is 3.86. The predicted octanol–water partition coefficient (Wildman–Crippen LogP) is 4.33. The average Bonchev–Trinajstić information content (AvgIpc) is 2.86. The molecule has 5 nitrogen and oxygen atoms in total. The van der Waals surface area contributed by atoms with Crippen molar-refractivity contribution in [3.05, 3.63) is 64.7 Å². The third-order valence-corrected chi connectivity index (χ3v) is 6.24. The van der Waals surface area contributed by atoms with Crippen LogP contribution in [0.4, 0.5) is 18.9 Å². The molecule has 0 aromatic heterocycles. The summed E-state index contributed by atoms with van der Waals surface area (Å²) in [5.74, 6) is -2.34. The molecule has 3 atom stereocenters. The number of carbonyl (C=O) groups excluding carboxylic acids is 2. The SMILES string of the molecule is COC(=O)c1ccc2c(c1)[C@H](C)c1ccccc1[C@H]1C[C@H](NC(=O)C(F)(F)F)CCN21. The number of hydrogen-bond donors (Lipinski definition) is 1. The smallest absolute Gasteiger partial charge is 0.465 e. The van der Waals surface area contributed by atoms with Crippen molar-refractivity contribution in [2.24, 2.45) is 0 Å². The van der Waals surface area contributed by atoms with Gasteiger partial charge in [0, 0.05) is 24.2 Å². The number of nitrogens with one attached hydrogen (secondary N) is 1. The second-order valence-electron chi connectivity index (χ2n) is 8.02. The van der Waals surface area contributed by atoms with Crippen LogP contribution < -0.4 is 10.2 Å². The molecule has 0 spiro atoms. The molecule has 164 valence electrons. The first-order valence-corrected chi connectivity index (χ1v) is 10.2. The molecule has 31 heavy (non-hydrogen) atoms. The normalized spacial score (nSPS) is 22.5. The molecular weight excluding hydrogens is 409 g/mol. The summed E-state index contributed by atoms with van der Waals surface area (Å²) in [4.78, 5) is 25.7. The van der Waals surface area contributed by atoms with Gasteiger partial charge in [0.1, 0.15) is 0 Å². The Labute approximate surface area is 178 Å². The minimum Gasteiger partial charge on any atom is -0.465 e. The number of carbonyl (C=O) groups is 2. The first-order chi connectivity index (χ1) is 14.7. The fourth-order valence-electron chi connectivity index (χ4n) is 4.73. The summed E-state index contributed by atoms with van der Waals surface area (Å²) >= 11 is 0. The van der Waals surface area contributed by atoms with Gasteiger partial charge in [0.15, 0.2) is 0 Å². The molecule has 2 aromatic rings. The molecule has 0 saturated carbocycles. The number of anilines is 1. The van der Waals surface area contributed by atoms with Crippen molar-refractivity contribution in [3.63, 3.8) is 0 Å². The molecule has 0 bridgehead atoms. The Morgan fingerprint density at radius 1 is 1.10 bits per heavy atom. The Kier molecular flexibility index (Phi) is 5.41. The van der Waals surface area contributed by atoms with Crippen LogP contribution in [-0.2, 0) is 9.53 Å². The number of esters is 1. The first kappa shape index (κ1) is 21.2. The number of fused-ring (bicyclic) bond motifs is 5. The molecule has 0 aliphatic carbocycles. The number of alkyl halides is 3. The second kappa shape index (κ2) is 7.90. The second-order valence-corrected chi connectivity index (χ2v) is 8.02. The van der Waals surface area contributed by atoms with Crippen molar-refractivity contribution < 1.29 is 27.5 Å². The fraction of sp³-hybridized carbons (Fsp3) is 0.391. The van der Waals surface area contributed by atoms with Crippen LogP contribution in [0.15, 0.2) is 42.5 Å². The summed E-state index contributed by atoms with van der Waals surface area (Å²) < 4.78 is 43.1. The van der Waals surface area contributed by atoms with Gasteiger partial charge >= 0.3 is 18.1 Å². The first-order valence-electron chi connectivity index (χ1n) is 10.2. The van der Waals surface area contributed by atoms with Gasteiger partial charge in [-0.05, 0) is 47.7 Å². The molecule has 1 N–H and O–H groups in total. The molecule has 8 heteroatoms. The number of benzene rings is 2. The van der Waals surface area contributed by atoms with Gasteiger partial charge in [-0.3, -0.25) is 4.79 Å². The Morgan fingerprint density at radius 3 is 2.48 bits per heavy atom. The van der Waals surface area contributed by atoms with Gasteiger partial charge in [0.05, 0.1) is 18.7 Å². The van der Waals surface area contributed by atoms with Crippen LogP contribution in [0.1, 0.15) is 58.8 Å². The molecule has 2 aromatic carbocycles. The predicted molar refractivity (Wildman–Crippen MR) is 109 cm³/mol. The van der Waals surface area contributed by atoms with E-state index < -0.39 is 24.1 Å². The van der Waals surface area contributed by atoms with Gasteiger partial charge in [0.2, 0.25) is 0 Å². The Hall–Kier alpha value is -3.03. The van der Waals surface area contributed by atoms with Crippen molar-refractivity contribution >= 4 is 17.6 Å². The fourth-order valence-corrected chi connectivity index (χ4v) is 4.73. The van der Waals surface area contributed by atoms with Gasteiger partial charge in [-0.2, -0.15) is 13.2 Å². The van der Waals surface area contributed by atoms with Crippen LogP contribution in [0.3, 0.4) is 0 Å². The molecule has 1 saturated heterocycles. The van der Waals surface area contributed by atoms with E-state index in [2.05, 4.69) is 17.1 Å². The Bertz CT molecular complexity index is 1020. The summed E-state index contributed by atoms with van der Waals surface area (Å²) in [6, 6.07) is 12.5. The summed E-state index contributed by atoms with van der Waals surface area (Å²) in [5.41, 5.74) is 4.45. The molecule has 0 unspecified atom stereocenters. The van der Waals surface area contributed by atoms with E-state index in [4.69, 9.17) is 4.74 Å². The zero-order valence-electron chi connectivity index (χ0n) is 17.2. The van der Waals surface area contributed by atoms with Crippen LogP contribution in [0.25, 0.3) is 0 Å². The number of nitrogens with zero attached hydrogens (tertiary/aromatic N) is 1. The van der Waals surface area contributed by atoms with Crippen molar-refractivity contribution in [1.82, 2.24) is 5.32 Å². The third-order valence-electron chi connectivity index (χ3n) is 6.24. The number of hydrogen-bond acceptors (Lipinski definition) is 4. The zero-order chi connectivity index (χ0) is 22.3. The van der Waals surface area contributed by atoms with Crippen LogP contribution in [0, 0.1) is 0 Å². The molecule has 2 aliphatic heterocycles. The van der Waals surface area contributed by atoms with Gasteiger partial charge in [0.25, 0.3) is 0 Å². The number of ether oxygens (including phenoxy) is 1. The van der Waals surface area contributed by atoms with Crippen LogP contribution in [-0.4, -0.2) is 37.7 Å². The standard InChI is InChI=1S/C23H23F3N2O3/c1-13-16-5-3-4-6-17(16)20-12-15(27-22(30)23(24,25)26)9-10-28(20)19-8-7-14(11-18(13)19)21(29)31-2/h3-8,11,13,15,20H,9-10,12H2,1-2H3,(H,27,30)/t13-,15-,20-/m1/s1. The molecule has 0 radical (unpaired) electrons. The van der Waals surface area contributed by atoms with E-state index in [1.165, 1.54) is 7.11 Å². The van der Waals surface area contributed by atoms with Crippen molar-refractivity contribution in [3.8, 4) is 0 Å². The minimum atomic E-state index is -4.90. The van der Waals surface area contributed by atoms with Gasteiger partial charge in [-0.25, -0.2) is 4.79 Å². The number of halogens is 3. The maximum Gasteiger partial charge on any atom is 0.471 e. The number of piperidine rings is 1. The van der Waals surface area contributed by atoms with Crippen molar-refractivity contribution in [2.75, 3.05) is 18.6 Å². The topological polar surface area (TPSA) is 58.6 Å². The van der Waals surface area contributed by atoms with Gasteiger partial charge < -0.3 is 15.0 Å². The lowest BCUT2D eigenvalue weighted by Gasteiger charge is -2.41. The highest BCUT2D eigenvalue weighted by molar-refractivity contribution is 5.90. The maximum absolute atomic E-state index is 12.8. The zero-order valence-corrected chi connectivity index (χ0v) is 17.2. The maximum atomic E-state index is 12.8. The van der Waals surface area contributed by atoms with E-state index in [1.54, 1.807) is 6.07 Å². The van der Waals surface area contributed by atoms with E-state index >= 15 is 0 Å². The molecule has 2 aliphatic rings. The average molecular weight is 432 g/mol. The van der Waals surface area contributed by atoms with Gasteiger partial charge in [-0.1, -0.05) is 31.2 Å². The minimum absolute atomic E-state index is 0.0235. The number of rotatable bonds is 2. The lowest BCUT2D eigenvalue weighted by atomic mass is 9.86. The lowest BCUT2D eigenvalue weighted by molar-refractivity contribution is -0.174. The van der Waals surface area contributed by atoms with E-state index in [1.807, 2.05) is 36.4 Å². The number of amides is 1. The Morgan fingerprint density at radius 2 is 1.81 bits per heavy atom. The van der Waals surface area contributed by atoms with E-state index in [-0.39, 0.29) is 12.0 Å². The van der Waals surface area contributed by atoms with Gasteiger partial charge in [-0.15, -0.1) is 0 Å². The summed E-state index contributed by atoms with van der Waals surface area (Å²) in [6.07, 6.45) is -4.14. The molecular formula is C23H23F3N2O3. The summed E-state index contributed by atoms with van der Waals surface area (Å²) in [6.45, 7) is 2.54. The molecule has 1 fully saturated rings. The highest BCUT2D eigenvalue weighted by Gasteiger charge is 2.42. The largest absolute Gasteiger partial charge is 0.471 e. The van der Waals surface area contributed by atoms with Crippen LogP contribution in [0.2, 0.25) is 0 Å². The number of methoxy groups -OCH3 is 1. The molecule has 4 rings (SSSR count). The summed E-state index contributed by atoms with van der Waals surface area (Å²) in [7, 11) is 1.34. The van der Waals surface area contributed by atoms with E-state index in [0.29, 0.717) is 24.9 Å². The Balaban J connectivity index is 1.75. The highest BCUT2D eigenvalue weighted by Crippen LogP contribution is 2.46. The summed E-state index contributed by atoms with van der Waals surface area (Å²) in [5, 5.41) is 2.16. The van der Waals surface area contributed by atoms with E-state index in [9.17, 15) is 22.8 Å². The quantitative estimate of drug-likeness (QED) is 0.718. The highest BCUT2D eigenvalue weighted by atomic mass is 19.4. The van der Waals surface area contributed by atoms with E-state index in [0.717, 1.165) is 22.4 Å². The van der Waals surface area contributed by atoms with Crippen molar-refractivity contribution in [1.29, 1.82) is 0 Å². The molecule has 2 heterocycles. The van der Waals surface area contributed by atoms with Crippen LogP contribution in [0.5, 0.6) is 0 Å². The van der Waals surface area contributed by atoms with Crippen molar-refractivity contribution in [2.45, 2.75) is 43.9 Å². The lowest BCUT2D eigenvalue weighted by Crippen LogP contribution is -2.49.